The van der Waals surface area contributed by atoms with Gasteiger partial charge in [-0.3, -0.25) is 4.90 Å². The molecule has 0 radical (unpaired) electrons. The Morgan fingerprint density at radius 3 is 2.00 bits per heavy atom. The van der Waals surface area contributed by atoms with Gasteiger partial charge in [-0.15, -0.1) is 0 Å². The minimum atomic E-state index is -0.454. The zero-order valence-corrected chi connectivity index (χ0v) is 17.4. The number of ether oxygens (including phenoxy) is 2. The number of halogens is 1. The van der Waals surface area contributed by atoms with Crippen LogP contribution in [-0.2, 0) is 11.3 Å². The lowest BCUT2D eigenvalue weighted by Crippen LogP contribution is -2.49. The van der Waals surface area contributed by atoms with Crippen molar-refractivity contribution in [1.29, 1.82) is 0 Å². The average molecular weight is 403 g/mol. The van der Waals surface area contributed by atoms with Crippen LogP contribution < -0.4 is 4.74 Å². The van der Waals surface area contributed by atoms with E-state index < -0.39 is 5.60 Å². The molecule has 0 bridgehead atoms. The molecule has 1 saturated heterocycles. The van der Waals surface area contributed by atoms with E-state index in [1.165, 1.54) is 5.56 Å². The van der Waals surface area contributed by atoms with Crippen LogP contribution in [0.2, 0.25) is 5.02 Å². The molecule has 0 aromatic heterocycles. The third-order valence-corrected chi connectivity index (χ3v) is 4.65. The first-order chi connectivity index (χ1) is 13.3. The predicted molar refractivity (Wildman–Crippen MR) is 111 cm³/mol. The zero-order chi connectivity index (χ0) is 20.1. The van der Waals surface area contributed by atoms with Gasteiger partial charge in [0.25, 0.3) is 0 Å². The van der Waals surface area contributed by atoms with E-state index in [2.05, 4.69) is 17.0 Å². The molecule has 1 heterocycles. The van der Waals surface area contributed by atoms with Gasteiger partial charge in [0.2, 0.25) is 0 Å². The fourth-order valence-electron chi connectivity index (χ4n) is 2.97. The second kappa shape index (κ2) is 8.84. The van der Waals surface area contributed by atoms with Crippen molar-refractivity contribution in [3.05, 3.63) is 59.1 Å². The summed E-state index contributed by atoms with van der Waals surface area (Å²) in [5.74, 6) is 1.55. The monoisotopic (exact) mass is 402 g/mol. The van der Waals surface area contributed by atoms with Crippen molar-refractivity contribution >= 4 is 17.7 Å². The van der Waals surface area contributed by atoms with Gasteiger partial charge < -0.3 is 14.4 Å². The zero-order valence-electron chi connectivity index (χ0n) is 16.7. The third-order valence-electron chi connectivity index (χ3n) is 4.40. The minimum Gasteiger partial charge on any atom is -0.457 e. The molecule has 2 aromatic carbocycles. The first-order valence-corrected chi connectivity index (χ1v) is 9.89. The van der Waals surface area contributed by atoms with Crippen molar-refractivity contribution < 1.29 is 14.3 Å². The van der Waals surface area contributed by atoms with Gasteiger partial charge in [-0.2, -0.15) is 0 Å². The van der Waals surface area contributed by atoms with Crippen molar-refractivity contribution in [1.82, 2.24) is 9.80 Å². The van der Waals surface area contributed by atoms with Crippen LogP contribution in [0, 0.1) is 0 Å². The van der Waals surface area contributed by atoms with Gasteiger partial charge in [-0.1, -0.05) is 23.7 Å². The van der Waals surface area contributed by atoms with E-state index in [4.69, 9.17) is 21.1 Å². The van der Waals surface area contributed by atoms with Crippen LogP contribution in [0.3, 0.4) is 0 Å². The molecule has 3 rings (SSSR count). The van der Waals surface area contributed by atoms with Crippen LogP contribution in [0.25, 0.3) is 0 Å². The van der Waals surface area contributed by atoms with E-state index in [1.54, 1.807) is 4.90 Å². The number of benzene rings is 2. The maximum Gasteiger partial charge on any atom is 0.410 e. The van der Waals surface area contributed by atoms with Crippen molar-refractivity contribution in [2.24, 2.45) is 0 Å². The molecule has 2 aromatic rings. The maximum atomic E-state index is 12.1. The summed E-state index contributed by atoms with van der Waals surface area (Å²) in [6.07, 6.45) is -0.226. The second-order valence-corrected chi connectivity index (χ2v) is 8.38. The van der Waals surface area contributed by atoms with E-state index in [0.29, 0.717) is 18.1 Å². The van der Waals surface area contributed by atoms with Gasteiger partial charge in [-0.25, -0.2) is 4.79 Å². The molecule has 0 N–H and O–H groups in total. The smallest absolute Gasteiger partial charge is 0.410 e. The summed E-state index contributed by atoms with van der Waals surface area (Å²) in [4.78, 5) is 16.3. The molecule has 0 spiro atoms. The Kier molecular flexibility index (Phi) is 6.47. The molecular formula is C22H27ClN2O3. The average Bonchev–Trinajstić information content (AvgIpc) is 2.64. The topological polar surface area (TPSA) is 42.0 Å². The van der Waals surface area contributed by atoms with Gasteiger partial charge in [0.15, 0.2) is 0 Å². The number of hydrogen-bond donors (Lipinski definition) is 0. The molecule has 1 fully saturated rings. The van der Waals surface area contributed by atoms with Gasteiger partial charge in [0.1, 0.15) is 17.1 Å². The highest BCUT2D eigenvalue weighted by Gasteiger charge is 2.25. The largest absolute Gasteiger partial charge is 0.457 e. The summed E-state index contributed by atoms with van der Waals surface area (Å²) >= 11 is 5.89. The van der Waals surface area contributed by atoms with Crippen molar-refractivity contribution in [3.8, 4) is 11.5 Å². The summed E-state index contributed by atoms with van der Waals surface area (Å²) in [6.45, 7) is 9.57. The highest BCUT2D eigenvalue weighted by atomic mass is 35.5. The van der Waals surface area contributed by atoms with Crippen LogP contribution in [-0.4, -0.2) is 47.7 Å². The Hall–Kier alpha value is -2.24. The number of carbonyl (C=O) groups is 1. The second-order valence-electron chi connectivity index (χ2n) is 7.94. The van der Waals surface area contributed by atoms with Crippen molar-refractivity contribution in [2.45, 2.75) is 32.9 Å². The molecule has 150 valence electrons. The summed E-state index contributed by atoms with van der Waals surface area (Å²) in [5.41, 5.74) is 0.763. The lowest BCUT2D eigenvalue weighted by molar-refractivity contribution is 0.0139. The molecule has 1 aliphatic heterocycles. The number of nitrogens with zero attached hydrogens (tertiary/aromatic N) is 2. The van der Waals surface area contributed by atoms with E-state index >= 15 is 0 Å². The Balaban J connectivity index is 1.47. The number of rotatable bonds is 4. The highest BCUT2D eigenvalue weighted by molar-refractivity contribution is 6.30. The minimum absolute atomic E-state index is 0.226. The Labute approximate surface area is 171 Å². The van der Waals surface area contributed by atoms with E-state index in [-0.39, 0.29) is 6.09 Å². The van der Waals surface area contributed by atoms with E-state index in [1.807, 2.05) is 57.2 Å². The predicted octanol–water partition coefficient (Wildman–Crippen LogP) is 5.19. The van der Waals surface area contributed by atoms with Crippen LogP contribution in [0.15, 0.2) is 48.5 Å². The van der Waals surface area contributed by atoms with Crippen molar-refractivity contribution in [2.75, 3.05) is 26.2 Å². The third kappa shape index (κ3) is 6.14. The summed E-state index contributed by atoms with van der Waals surface area (Å²) in [5, 5.41) is 0.689. The molecule has 0 atom stereocenters. The van der Waals surface area contributed by atoms with Crippen LogP contribution >= 0.6 is 11.6 Å². The van der Waals surface area contributed by atoms with Crippen LogP contribution in [0.1, 0.15) is 26.3 Å². The molecule has 0 unspecified atom stereocenters. The van der Waals surface area contributed by atoms with E-state index in [0.717, 1.165) is 31.1 Å². The standard InChI is InChI=1S/C22H27ClN2O3/c1-22(2,3)28-21(26)25-14-12-24(13-15-25)16-17-4-8-19(9-5-17)27-20-10-6-18(23)7-11-20/h4-11H,12-16H2,1-3H3. The Morgan fingerprint density at radius 2 is 1.46 bits per heavy atom. The molecule has 1 aliphatic rings. The Morgan fingerprint density at radius 1 is 0.929 bits per heavy atom. The van der Waals surface area contributed by atoms with Crippen LogP contribution in [0.4, 0.5) is 4.79 Å². The summed E-state index contributed by atoms with van der Waals surface area (Å²) < 4.78 is 11.3. The quantitative estimate of drug-likeness (QED) is 0.706. The molecule has 0 saturated carbocycles. The summed E-state index contributed by atoms with van der Waals surface area (Å²) in [6, 6.07) is 15.4. The molecule has 5 nitrogen and oxygen atoms in total. The van der Waals surface area contributed by atoms with E-state index in [9.17, 15) is 4.79 Å². The fourth-order valence-corrected chi connectivity index (χ4v) is 3.10. The maximum absolute atomic E-state index is 12.1. The normalized spacial score (nSPS) is 15.4. The highest BCUT2D eigenvalue weighted by Crippen LogP contribution is 2.24. The lowest BCUT2D eigenvalue weighted by atomic mass is 10.2. The molecule has 6 heteroatoms. The number of piperazine rings is 1. The summed E-state index contributed by atoms with van der Waals surface area (Å²) in [7, 11) is 0. The molecule has 0 aliphatic carbocycles. The van der Waals surface area contributed by atoms with Crippen LogP contribution in [0.5, 0.6) is 11.5 Å². The number of hydrogen-bond acceptors (Lipinski definition) is 4. The first kappa shape index (κ1) is 20.5. The van der Waals surface area contributed by atoms with Gasteiger partial charge >= 0.3 is 6.09 Å². The van der Waals surface area contributed by atoms with Gasteiger partial charge in [-0.05, 0) is 62.7 Å². The lowest BCUT2D eigenvalue weighted by Gasteiger charge is -2.35. The van der Waals surface area contributed by atoms with Gasteiger partial charge in [0.05, 0.1) is 0 Å². The van der Waals surface area contributed by atoms with Gasteiger partial charge in [0, 0.05) is 37.7 Å². The number of carbonyl (C=O) groups excluding carboxylic acids is 1. The Bertz CT molecular complexity index is 777. The van der Waals surface area contributed by atoms with Crippen molar-refractivity contribution in [3.63, 3.8) is 0 Å². The molecule has 1 amide bonds. The number of amides is 1. The molecular weight excluding hydrogens is 376 g/mol. The molecule has 28 heavy (non-hydrogen) atoms. The fraction of sp³-hybridized carbons (Fsp3) is 0.409. The SMILES string of the molecule is CC(C)(C)OC(=O)N1CCN(Cc2ccc(Oc3ccc(Cl)cc3)cc2)CC1. The first-order valence-electron chi connectivity index (χ1n) is 9.51.